The van der Waals surface area contributed by atoms with Gasteiger partial charge < -0.3 is 10.6 Å². The Hall–Kier alpha value is -2.79. The minimum Gasteiger partial charge on any atom is -0.351 e. The van der Waals surface area contributed by atoms with E-state index >= 15 is 0 Å². The Labute approximate surface area is 189 Å². The number of anilines is 3. The number of piperidine rings is 1. The Bertz CT molecular complexity index is 1270. The van der Waals surface area contributed by atoms with E-state index in [9.17, 15) is 8.42 Å². The third-order valence-corrected chi connectivity index (χ3v) is 8.61. The summed E-state index contributed by atoms with van der Waals surface area (Å²) in [6, 6.07) is 6.04. The Morgan fingerprint density at radius 3 is 2.72 bits per heavy atom. The molecule has 5 heterocycles. The molecule has 0 bridgehead atoms. The van der Waals surface area contributed by atoms with E-state index in [1.807, 2.05) is 24.4 Å². The van der Waals surface area contributed by atoms with Crippen molar-refractivity contribution in [1.82, 2.24) is 28.8 Å². The molecule has 11 nitrogen and oxygen atoms in total. The Morgan fingerprint density at radius 1 is 1.25 bits per heavy atom. The minimum atomic E-state index is -3.49. The molecule has 0 atom stereocenters. The van der Waals surface area contributed by atoms with Gasteiger partial charge in [0.15, 0.2) is 11.6 Å². The zero-order valence-electron chi connectivity index (χ0n) is 17.4. The predicted octanol–water partition coefficient (Wildman–Crippen LogP) is 2.04. The van der Waals surface area contributed by atoms with Gasteiger partial charge in [-0.2, -0.15) is 32.4 Å². The van der Waals surface area contributed by atoms with E-state index < -0.39 is 10.2 Å². The highest BCUT2D eigenvalue weighted by molar-refractivity contribution is 7.86. The number of fused-ring (bicyclic) bond motifs is 1. The average molecular weight is 474 g/mol. The van der Waals surface area contributed by atoms with E-state index in [4.69, 9.17) is 5.26 Å². The zero-order chi connectivity index (χ0) is 22.3. The number of aromatic amines is 1. The van der Waals surface area contributed by atoms with Crippen LogP contribution in [0, 0.1) is 24.2 Å². The summed E-state index contributed by atoms with van der Waals surface area (Å²) in [4.78, 5) is 9.28. The van der Waals surface area contributed by atoms with Gasteiger partial charge in [-0.05, 0) is 31.2 Å². The van der Waals surface area contributed by atoms with Crippen LogP contribution in [0.4, 0.5) is 17.6 Å². The lowest BCUT2D eigenvalue weighted by Gasteiger charge is -2.40. The van der Waals surface area contributed by atoms with Gasteiger partial charge in [-0.15, -0.1) is 11.3 Å². The molecule has 0 spiro atoms. The quantitative estimate of drug-likeness (QED) is 0.494. The number of H-pyrrole nitrogens is 1. The molecule has 0 amide bonds. The van der Waals surface area contributed by atoms with Gasteiger partial charge in [0.2, 0.25) is 5.95 Å². The van der Waals surface area contributed by atoms with Crippen LogP contribution >= 0.6 is 11.3 Å². The maximum Gasteiger partial charge on any atom is 0.282 e. The summed E-state index contributed by atoms with van der Waals surface area (Å²) in [7, 11) is -3.49. The largest absolute Gasteiger partial charge is 0.351 e. The Morgan fingerprint density at radius 2 is 2.03 bits per heavy atom. The molecule has 32 heavy (non-hydrogen) atoms. The van der Waals surface area contributed by atoms with E-state index in [1.165, 1.54) is 8.61 Å². The molecule has 3 N–H and O–H groups in total. The van der Waals surface area contributed by atoms with Gasteiger partial charge in [0, 0.05) is 44.0 Å². The maximum absolute atomic E-state index is 12.7. The first-order valence-corrected chi connectivity index (χ1v) is 12.7. The molecule has 2 aliphatic rings. The lowest BCUT2D eigenvalue weighted by Crippen LogP contribution is -2.56. The summed E-state index contributed by atoms with van der Waals surface area (Å²) in [5.74, 6) is 1.68. The van der Waals surface area contributed by atoms with Crippen molar-refractivity contribution in [2.45, 2.75) is 25.8 Å². The van der Waals surface area contributed by atoms with Crippen LogP contribution < -0.4 is 10.6 Å². The van der Waals surface area contributed by atoms with Crippen molar-refractivity contribution in [3.8, 4) is 6.07 Å². The average Bonchev–Trinajstić information content (AvgIpc) is 3.36. The van der Waals surface area contributed by atoms with E-state index in [1.54, 1.807) is 11.3 Å². The summed E-state index contributed by atoms with van der Waals surface area (Å²) in [5.41, 5.74) is 1.79. The molecule has 5 rings (SSSR count). The van der Waals surface area contributed by atoms with E-state index in [2.05, 4.69) is 36.9 Å². The van der Waals surface area contributed by atoms with Crippen LogP contribution in [-0.2, 0) is 10.2 Å². The fourth-order valence-electron chi connectivity index (χ4n) is 3.90. The number of aryl methyl sites for hydroxylation is 1. The topological polar surface area (TPSA) is 143 Å². The summed E-state index contributed by atoms with van der Waals surface area (Å²) >= 11 is 1.56. The van der Waals surface area contributed by atoms with Crippen molar-refractivity contribution in [3.63, 3.8) is 0 Å². The van der Waals surface area contributed by atoms with Crippen molar-refractivity contribution >= 4 is 49.3 Å². The second-order valence-corrected chi connectivity index (χ2v) is 10.9. The summed E-state index contributed by atoms with van der Waals surface area (Å²) in [6.07, 6.45) is 1.31. The maximum atomic E-state index is 12.7. The second kappa shape index (κ2) is 8.28. The number of rotatable bonds is 6. The third kappa shape index (κ3) is 4.02. The van der Waals surface area contributed by atoms with Crippen molar-refractivity contribution in [3.05, 3.63) is 23.2 Å². The standard InChI is InChI=1S/C19H23N9O2S2/c1-12-8-16(26-25-12)23-18-17-15(4-7-31-17)22-19(24-18)21-14-2-5-27(6-3-14)32(29,30)28-10-13(9-20)11-28/h4,7-8,13-14H,2-3,5-6,10-11H2,1H3,(H3,21,22,23,24,25,26). The number of nitriles is 1. The SMILES string of the molecule is Cc1cc(Nc2nc(NC3CCN(S(=O)(=O)N4CC(C#N)C4)CC3)nc3ccsc23)n[nH]1. The van der Waals surface area contributed by atoms with Gasteiger partial charge in [-0.1, -0.05) is 0 Å². The fourth-order valence-corrected chi connectivity index (χ4v) is 6.41. The number of thiophene rings is 1. The van der Waals surface area contributed by atoms with Gasteiger partial charge in [-0.3, -0.25) is 5.10 Å². The molecule has 2 aliphatic heterocycles. The monoisotopic (exact) mass is 473 g/mol. The number of nitrogens with zero attached hydrogens (tertiary/aromatic N) is 6. The van der Waals surface area contributed by atoms with Crippen molar-refractivity contribution in [1.29, 1.82) is 5.26 Å². The van der Waals surface area contributed by atoms with Crippen LogP contribution in [-0.4, -0.2) is 69.4 Å². The lowest BCUT2D eigenvalue weighted by atomic mass is 10.1. The highest BCUT2D eigenvalue weighted by Crippen LogP contribution is 2.30. The molecule has 0 radical (unpaired) electrons. The molecule has 0 saturated carbocycles. The summed E-state index contributed by atoms with van der Waals surface area (Å²) < 4.78 is 29.3. The molecule has 0 aliphatic carbocycles. The van der Waals surface area contributed by atoms with Crippen molar-refractivity contribution in [2.24, 2.45) is 5.92 Å². The van der Waals surface area contributed by atoms with Gasteiger partial charge in [0.1, 0.15) is 0 Å². The molecular formula is C19H23N9O2S2. The minimum absolute atomic E-state index is 0.0706. The molecule has 3 aromatic heterocycles. The van der Waals surface area contributed by atoms with E-state index in [-0.39, 0.29) is 25.0 Å². The molecule has 0 aromatic carbocycles. The first-order valence-electron chi connectivity index (χ1n) is 10.4. The van der Waals surface area contributed by atoms with Crippen molar-refractivity contribution in [2.75, 3.05) is 36.8 Å². The number of hydrogen-bond donors (Lipinski definition) is 3. The van der Waals surface area contributed by atoms with Gasteiger partial charge in [0.05, 0.1) is 22.2 Å². The first kappa shape index (κ1) is 21.1. The highest BCUT2D eigenvalue weighted by Gasteiger charge is 2.40. The Balaban J connectivity index is 1.25. The van der Waals surface area contributed by atoms with Crippen LogP contribution in [0.15, 0.2) is 17.5 Å². The molecule has 2 saturated heterocycles. The molecule has 0 unspecified atom stereocenters. The second-order valence-electron chi connectivity index (χ2n) is 8.06. The predicted molar refractivity (Wildman–Crippen MR) is 122 cm³/mol. The molecule has 13 heteroatoms. The Kier molecular flexibility index (Phi) is 5.46. The van der Waals surface area contributed by atoms with Gasteiger partial charge in [0.25, 0.3) is 10.2 Å². The molecule has 2 fully saturated rings. The number of nitrogens with one attached hydrogen (secondary N) is 3. The number of aromatic nitrogens is 4. The van der Waals surface area contributed by atoms with E-state index in [0.717, 1.165) is 15.9 Å². The van der Waals surface area contributed by atoms with Crippen LogP contribution in [0.1, 0.15) is 18.5 Å². The van der Waals surface area contributed by atoms with Crippen LogP contribution in [0.25, 0.3) is 10.2 Å². The van der Waals surface area contributed by atoms with E-state index in [0.29, 0.717) is 43.5 Å². The summed E-state index contributed by atoms with van der Waals surface area (Å²) in [5, 5.41) is 24.6. The number of hydrogen-bond acceptors (Lipinski definition) is 9. The lowest BCUT2D eigenvalue weighted by molar-refractivity contribution is 0.216. The molecule has 168 valence electrons. The third-order valence-electron chi connectivity index (χ3n) is 5.73. The molecule has 3 aromatic rings. The van der Waals surface area contributed by atoms with Gasteiger partial charge >= 0.3 is 0 Å². The van der Waals surface area contributed by atoms with Crippen molar-refractivity contribution < 1.29 is 8.42 Å². The van der Waals surface area contributed by atoms with Crippen LogP contribution in [0.2, 0.25) is 0 Å². The van der Waals surface area contributed by atoms with Gasteiger partial charge in [-0.25, -0.2) is 4.98 Å². The smallest absolute Gasteiger partial charge is 0.282 e. The molecular weight excluding hydrogens is 450 g/mol. The highest BCUT2D eigenvalue weighted by atomic mass is 32.2. The van der Waals surface area contributed by atoms with Crippen LogP contribution in [0.3, 0.4) is 0 Å². The fraction of sp³-hybridized carbons (Fsp3) is 0.474. The first-order chi connectivity index (χ1) is 15.4. The normalized spacial score (nSPS) is 19.0. The summed E-state index contributed by atoms with van der Waals surface area (Å²) in [6.45, 7) is 3.36. The van der Waals surface area contributed by atoms with Crippen LogP contribution in [0.5, 0.6) is 0 Å². The zero-order valence-corrected chi connectivity index (χ0v) is 19.1.